The Hall–Kier alpha value is -1.59. The van der Waals surface area contributed by atoms with Gasteiger partial charge in [0, 0.05) is 33.7 Å². The molecule has 0 amide bonds. The maximum Gasteiger partial charge on any atom is 0.231 e. The summed E-state index contributed by atoms with van der Waals surface area (Å²) in [5.41, 5.74) is 0.337. The first-order chi connectivity index (χ1) is 8.91. The van der Waals surface area contributed by atoms with Crippen molar-refractivity contribution in [3.8, 4) is 0 Å². The van der Waals surface area contributed by atoms with Crippen LogP contribution in [0, 0.1) is 5.41 Å². The summed E-state index contributed by atoms with van der Waals surface area (Å²) in [6.45, 7) is 9.42. The molecule has 1 N–H and O–H groups in total. The van der Waals surface area contributed by atoms with E-state index in [0.29, 0.717) is 17.3 Å². The van der Waals surface area contributed by atoms with Crippen LogP contribution in [0.2, 0.25) is 0 Å². The SMILES string of the molecule is CCNc1nc(N(C)C)nc(N2CCC(C)(C)C2)n1. The zero-order valence-electron chi connectivity index (χ0n) is 12.6. The van der Waals surface area contributed by atoms with Crippen LogP contribution in [0.15, 0.2) is 0 Å². The number of nitrogens with zero attached hydrogens (tertiary/aromatic N) is 5. The first kappa shape index (κ1) is 13.8. The molecule has 0 aliphatic carbocycles. The van der Waals surface area contributed by atoms with Crippen molar-refractivity contribution < 1.29 is 0 Å². The van der Waals surface area contributed by atoms with Crippen molar-refractivity contribution in [2.24, 2.45) is 5.41 Å². The van der Waals surface area contributed by atoms with Gasteiger partial charge in [0.1, 0.15) is 0 Å². The lowest BCUT2D eigenvalue weighted by atomic mass is 9.93. The van der Waals surface area contributed by atoms with Gasteiger partial charge in [0.25, 0.3) is 0 Å². The molecule has 0 aromatic carbocycles. The van der Waals surface area contributed by atoms with Crippen molar-refractivity contribution in [3.05, 3.63) is 0 Å². The highest BCUT2D eigenvalue weighted by molar-refractivity contribution is 5.45. The van der Waals surface area contributed by atoms with Gasteiger partial charge in [-0.3, -0.25) is 0 Å². The predicted octanol–water partition coefficient (Wildman–Crippen LogP) is 1.61. The van der Waals surface area contributed by atoms with Gasteiger partial charge in [-0.15, -0.1) is 0 Å². The molecule has 1 aliphatic rings. The average Bonchev–Trinajstić information content (AvgIpc) is 2.70. The van der Waals surface area contributed by atoms with Crippen LogP contribution in [0.5, 0.6) is 0 Å². The molecule has 0 bridgehead atoms. The summed E-state index contributed by atoms with van der Waals surface area (Å²) in [6, 6.07) is 0. The molecule has 0 radical (unpaired) electrons. The van der Waals surface area contributed by atoms with Crippen LogP contribution in [0.4, 0.5) is 17.8 Å². The second-order valence-corrected chi connectivity index (χ2v) is 6.02. The lowest BCUT2D eigenvalue weighted by Crippen LogP contribution is -2.26. The molecular formula is C13H24N6. The van der Waals surface area contributed by atoms with Crippen molar-refractivity contribution >= 4 is 17.8 Å². The summed E-state index contributed by atoms with van der Waals surface area (Å²) >= 11 is 0. The van der Waals surface area contributed by atoms with Crippen LogP contribution in [0.1, 0.15) is 27.2 Å². The van der Waals surface area contributed by atoms with Crippen LogP contribution in [-0.2, 0) is 0 Å². The van der Waals surface area contributed by atoms with Crippen molar-refractivity contribution in [1.82, 2.24) is 15.0 Å². The van der Waals surface area contributed by atoms with E-state index in [-0.39, 0.29) is 0 Å². The normalized spacial score (nSPS) is 17.6. The minimum atomic E-state index is 0.337. The summed E-state index contributed by atoms with van der Waals surface area (Å²) in [4.78, 5) is 17.6. The third-order valence-corrected chi connectivity index (χ3v) is 3.31. The molecule has 106 valence electrons. The van der Waals surface area contributed by atoms with Gasteiger partial charge in [0.15, 0.2) is 0 Å². The van der Waals surface area contributed by atoms with Crippen LogP contribution in [-0.4, -0.2) is 48.7 Å². The van der Waals surface area contributed by atoms with Gasteiger partial charge in [-0.05, 0) is 18.8 Å². The fraction of sp³-hybridized carbons (Fsp3) is 0.769. The standard InChI is InChI=1S/C13H24N6/c1-6-14-10-15-11(18(4)5)17-12(16-10)19-8-7-13(2,3)9-19/h6-9H2,1-5H3,(H,14,15,16,17). The Morgan fingerprint density at radius 1 is 1.26 bits per heavy atom. The summed E-state index contributed by atoms with van der Waals surface area (Å²) in [5.74, 6) is 2.13. The first-order valence-corrected chi connectivity index (χ1v) is 6.83. The van der Waals surface area contributed by atoms with E-state index in [0.717, 1.165) is 25.6 Å². The number of rotatable bonds is 4. The molecule has 6 heteroatoms. The zero-order chi connectivity index (χ0) is 14.0. The molecule has 1 aromatic heterocycles. The van der Waals surface area contributed by atoms with Crippen LogP contribution in [0.3, 0.4) is 0 Å². The molecule has 0 unspecified atom stereocenters. The Kier molecular flexibility index (Phi) is 3.78. The number of anilines is 3. The highest BCUT2D eigenvalue weighted by Gasteiger charge is 2.31. The van der Waals surface area contributed by atoms with Gasteiger partial charge >= 0.3 is 0 Å². The third kappa shape index (κ3) is 3.24. The zero-order valence-corrected chi connectivity index (χ0v) is 12.6. The van der Waals surface area contributed by atoms with Gasteiger partial charge in [-0.1, -0.05) is 13.8 Å². The second kappa shape index (κ2) is 5.19. The fourth-order valence-corrected chi connectivity index (χ4v) is 2.22. The molecule has 2 rings (SSSR count). The summed E-state index contributed by atoms with van der Waals surface area (Å²) < 4.78 is 0. The maximum atomic E-state index is 4.55. The third-order valence-electron chi connectivity index (χ3n) is 3.31. The Morgan fingerprint density at radius 3 is 2.53 bits per heavy atom. The Labute approximate surface area is 115 Å². The topological polar surface area (TPSA) is 57.2 Å². The lowest BCUT2D eigenvalue weighted by molar-refractivity contribution is 0.418. The Balaban J connectivity index is 2.29. The monoisotopic (exact) mass is 264 g/mol. The van der Waals surface area contributed by atoms with Crippen LogP contribution in [0.25, 0.3) is 0 Å². The number of nitrogens with one attached hydrogen (secondary N) is 1. The maximum absolute atomic E-state index is 4.55. The van der Waals surface area contributed by atoms with Gasteiger partial charge in [-0.2, -0.15) is 15.0 Å². The van der Waals surface area contributed by atoms with E-state index in [1.165, 1.54) is 6.42 Å². The molecule has 1 saturated heterocycles. The minimum Gasteiger partial charge on any atom is -0.354 e. The van der Waals surface area contributed by atoms with Gasteiger partial charge in [0.05, 0.1) is 0 Å². The molecule has 1 aliphatic heterocycles. The van der Waals surface area contributed by atoms with E-state index in [1.807, 2.05) is 25.9 Å². The smallest absolute Gasteiger partial charge is 0.231 e. The Bertz CT molecular complexity index is 443. The molecule has 0 saturated carbocycles. The average molecular weight is 264 g/mol. The summed E-state index contributed by atoms with van der Waals surface area (Å²) in [6.07, 6.45) is 1.17. The molecule has 0 spiro atoms. The summed E-state index contributed by atoms with van der Waals surface area (Å²) in [7, 11) is 3.89. The van der Waals surface area contributed by atoms with E-state index >= 15 is 0 Å². The highest BCUT2D eigenvalue weighted by Crippen LogP contribution is 2.31. The molecule has 2 heterocycles. The molecular weight excluding hydrogens is 240 g/mol. The van der Waals surface area contributed by atoms with E-state index in [4.69, 9.17) is 0 Å². The molecule has 19 heavy (non-hydrogen) atoms. The lowest BCUT2D eigenvalue weighted by Gasteiger charge is -2.21. The number of hydrogen-bond acceptors (Lipinski definition) is 6. The van der Waals surface area contributed by atoms with Crippen LogP contribution < -0.4 is 15.1 Å². The fourth-order valence-electron chi connectivity index (χ4n) is 2.22. The highest BCUT2D eigenvalue weighted by atomic mass is 15.4. The molecule has 1 fully saturated rings. The van der Waals surface area contributed by atoms with E-state index in [9.17, 15) is 0 Å². The molecule has 6 nitrogen and oxygen atoms in total. The number of aromatic nitrogens is 3. The van der Waals surface area contributed by atoms with Crippen molar-refractivity contribution in [3.63, 3.8) is 0 Å². The van der Waals surface area contributed by atoms with E-state index < -0.39 is 0 Å². The Morgan fingerprint density at radius 2 is 2.00 bits per heavy atom. The van der Waals surface area contributed by atoms with E-state index in [2.05, 4.69) is 39.0 Å². The van der Waals surface area contributed by atoms with Gasteiger partial charge in [0.2, 0.25) is 17.8 Å². The van der Waals surface area contributed by atoms with Gasteiger partial charge in [-0.25, -0.2) is 0 Å². The van der Waals surface area contributed by atoms with Crippen LogP contribution >= 0.6 is 0 Å². The largest absolute Gasteiger partial charge is 0.354 e. The molecule has 0 atom stereocenters. The number of hydrogen-bond donors (Lipinski definition) is 1. The van der Waals surface area contributed by atoms with Crippen molar-refractivity contribution in [1.29, 1.82) is 0 Å². The van der Waals surface area contributed by atoms with Crippen molar-refractivity contribution in [2.75, 3.05) is 48.8 Å². The second-order valence-electron chi connectivity index (χ2n) is 6.02. The van der Waals surface area contributed by atoms with E-state index in [1.54, 1.807) is 0 Å². The summed E-state index contributed by atoms with van der Waals surface area (Å²) in [5, 5.41) is 3.17. The minimum absolute atomic E-state index is 0.337. The molecule has 1 aromatic rings. The quantitative estimate of drug-likeness (QED) is 0.891. The van der Waals surface area contributed by atoms with Crippen molar-refractivity contribution in [2.45, 2.75) is 27.2 Å². The predicted molar refractivity (Wildman–Crippen MR) is 78.9 cm³/mol. The first-order valence-electron chi connectivity index (χ1n) is 6.83. The van der Waals surface area contributed by atoms with Gasteiger partial charge < -0.3 is 15.1 Å².